The Hall–Kier alpha value is -3.28. The number of amides is 1. The molecule has 1 unspecified atom stereocenters. The molecule has 0 aliphatic carbocycles. The zero-order chi connectivity index (χ0) is 18.7. The molecule has 1 N–H and O–H groups in total. The summed E-state index contributed by atoms with van der Waals surface area (Å²) in [5.74, 6) is -0.317. The Balaban J connectivity index is 1.83. The Labute approximate surface area is 151 Å². The van der Waals surface area contributed by atoms with E-state index in [2.05, 4.69) is 15.4 Å². The number of nitrogens with one attached hydrogen (secondary N) is 1. The van der Waals surface area contributed by atoms with Crippen LogP contribution in [0, 0.1) is 13.8 Å². The van der Waals surface area contributed by atoms with Crippen molar-refractivity contribution < 1.29 is 4.79 Å². The number of aromatic nitrogens is 3. The topological polar surface area (TPSA) is 76.9 Å². The number of aryl methyl sites for hydroxylation is 2. The second-order valence-electron chi connectivity index (χ2n) is 6.22. The second kappa shape index (κ2) is 7.31. The van der Waals surface area contributed by atoms with Crippen LogP contribution in [0.25, 0.3) is 11.3 Å². The summed E-state index contributed by atoms with van der Waals surface area (Å²) in [4.78, 5) is 28.9. The van der Waals surface area contributed by atoms with Crippen LogP contribution in [-0.2, 0) is 4.79 Å². The molecule has 0 saturated carbocycles. The normalized spacial score (nSPS) is 11.8. The van der Waals surface area contributed by atoms with Crippen molar-refractivity contribution in [2.45, 2.75) is 26.8 Å². The lowest BCUT2D eigenvalue weighted by atomic mass is 10.1. The summed E-state index contributed by atoms with van der Waals surface area (Å²) in [6.45, 7) is 5.50. The molecule has 3 aromatic rings. The van der Waals surface area contributed by atoms with Gasteiger partial charge in [-0.25, -0.2) is 9.48 Å². The van der Waals surface area contributed by atoms with Crippen LogP contribution in [0.2, 0.25) is 0 Å². The van der Waals surface area contributed by atoms with Gasteiger partial charge in [-0.1, -0.05) is 42.5 Å². The molecule has 0 saturated heterocycles. The monoisotopic (exact) mass is 348 g/mol. The first-order valence-corrected chi connectivity index (χ1v) is 8.35. The molecule has 3 rings (SSSR count). The number of hydrogen-bond donors (Lipinski definition) is 1. The van der Waals surface area contributed by atoms with Crippen molar-refractivity contribution in [3.8, 4) is 11.3 Å². The minimum absolute atomic E-state index is 0.317. The van der Waals surface area contributed by atoms with Crippen molar-refractivity contribution in [2.75, 3.05) is 5.32 Å². The Kier molecular flexibility index (Phi) is 4.93. The van der Waals surface area contributed by atoms with Gasteiger partial charge < -0.3 is 5.32 Å². The van der Waals surface area contributed by atoms with Crippen LogP contribution in [0.1, 0.15) is 24.1 Å². The highest BCUT2D eigenvalue weighted by Gasteiger charge is 2.19. The minimum Gasteiger partial charge on any atom is -0.324 e. The average Bonchev–Trinajstić information content (AvgIpc) is 2.64. The van der Waals surface area contributed by atoms with Crippen LogP contribution in [0.15, 0.2) is 59.5 Å². The molecule has 6 nitrogen and oxygen atoms in total. The molecule has 1 amide bonds. The molecule has 0 spiro atoms. The molecule has 0 fully saturated rings. The van der Waals surface area contributed by atoms with E-state index < -0.39 is 11.7 Å². The molecule has 2 aromatic carbocycles. The van der Waals surface area contributed by atoms with Crippen molar-refractivity contribution >= 4 is 11.6 Å². The van der Waals surface area contributed by atoms with Gasteiger partial charge in [0.15, 0.2) is 0 Å². The highest BCUT2D eigenvalue weighted by Crippen LogP contribution is 2.18. The molecule has 1 heterocycles. The van der Waals surface area contributed by atoms with Gasteiger partial charge in [0.2, 0.25) is 5.91 Å². The molecule has 0 radical (unpaired) electrons. The number of rotatable bonds is 4. The van der Waals surface area contributed by atoms with Gasteiger partial charge >= 0.3 is 5.69 Å². The summed E-state index contributed by atoms with van der Waals surface area (Å²) < 4.78 is 1.09. The summed E-state index contributed by atoms with van der Waals surface area (Å²) in [5.41, 5.74) is 3.45. The van der Waals surface area contributed by atoms with Gasteiger partial charge in [-0.15, -0.1) is 0 Å². The molecule has 0 aliphatic heterocycles. The maximum absolute atomic E-state index is 12.5. The second-order valence-corrected chi connectivity index (χ2v) is 6.22. The summed E-state index contributed by atoms with van der Waals surface area (Å²) in [5, 5.41) is 6.99. The fourth-order valence-electron chi connectivity index (χ4n) is 2.58. The lowest BCUT2D eigenvalue weighted by Gasteiger charge is -2.15. The Bertz CT molecular complexity index is 996. The zero-order valence-corrected chi connectivity index (χ0v) is 14.9. The highest BCUT2D eigenvalue weighted by molar-refractivity contribution is 5.94. The average molecular weight is 348 g/mol. The van der Waals surface area contributed by atoms with E-state index in [1.807, 2.05) is 62.4 Å². The number of anilines is 1. The van der Waals surface area contributed by atoms with E-state index in [-0.39, 0.29) is 5.91 Å². The van der Waals surface area contributed by atoms with Crippen LogP contribution in [0.5, 0.6) is 0 Å². The van der Waals surface area contributed by atoms with Gasteiger partial charge in [0.05, 0.1) is 11.9 Å². The molecule has 132 valence electrons. The van der Waals surface area contributed by atoms with Crippen molar-refractivity contribution in [1.82, 2.24) is 14.8 Å². The van der Waals surface area contributed by atoms with Crippen molar-refractivity contribution in [2.24, 2.45) is 0 Å². The third kappa shape index (κ3) is 3.69. The van der Waals surface area contributed by atoms with Gasteiger partial charge in [0.1, 0.15) is 6.04 Å². The molecular weight excluding hydrogens is 328 g/mol. The SMILES string of the molecule is Cc1ccc(C)c(NC(=O)C(C)n2ncc(-c3ccccc3)nc2=O)c1. The molecule has 1 aromatic heterocycles. The van der Waals surface area contributed by atoms with Crippen LogP contribution in [-0.4, -0.2) is 20.7 Å². The number of carbonyl (C=O) groups excluding carboxylic acids is 1. The minimum atomic E-state index is -0.778. The molecule has 0 aliphatic rings. The first-order chi connectivity index (χ1) is 12.5. The smallest absolute Gasteiger partial charge is 0.324 e. The van der Waals surface area contributed by atoms with Crippen molar-refractivity contribution in [1.29, 1.82) is 0 Å². The van der Waals surface area contributed by atoms with Crippen molar-refractivity contribution in [3.05, 3.63) is 76.3 Å². The molecule has 1 atom stereocenters. The number of carbonyl (C=O) groups is 1. The van der Waals surface area contributed by atoms with E-state index in [0.29, 0.717) is 5.69 Å². The van der Waals surface area contributed by atoms with E-state index in [9.17, 15) is 9.59 Å². The third-order valence-electron chi connectivity index (χ3n) is 4.18. The fourth-order valence-corrected chi connectivity index (χ4v) is 2.58. The van der Waals surface area contributed by atoms with Crippen LogP contribution < -0.4 is 11.0 Å². The molecule has 26 heavy (non-hydrogen) atoms. The maximum Gasteiger partial charge on any atom is 0.365 e. The zero-order valence-electron chi connectivity index (χ0n) is 14.9. The summed E-state index contributed by atoms with van der Waals surface area (Å²) in [6, 6.07) is 14.4. The van der Waals surface area contributed by atoms with Gasteiger partial charge in [-0.2, -0.15) is 10.1 Å². The van der Waals surface area contributed by atoms with Gasteiger partial charge in [0, 0.05) is 11.3 Å². The Morgan fingerprint density at radius 2 is 1.85 bits per heavy atom. The number of benzene rings is 2. The predicted octanol–water partition coefficient (Wildman–Crippen LogP) is 3.12. The van der Waals surface area contributed by atoms with E-state index >= 15 is 0 Å². The summed E-state index contributed by atoms with van der Waals surface area (Å²) in [7, 11) is 0. The first-order valence-electron chi connectivity index (χ1n) is 8.35. The number of nitrogens with zero attached hydrogens (tertiary/aromatic N) is 3. The van der Waals surface area contributed by atoms with E-state index in [0.717, 1.165) is 27.1 Å². The van der Waals surface area contributed by atoms with E-state index in [1.165, 1.54) is 6.20 Å². The van der Waals surface area contributed by atoms with Gasteiger partial charge in [-0.3, -0.25) is 4.79 Å². The Morgan fingerprint density at radius 1 is 1.12 bits per heavy atom. The third-order valence-corrected chi connectivity index (χ3v) is 4.18. The van der Waals surface area contributed by atoms with Crippen LogP contribution in [0.3, 0.4) is 0 Å². The van der Waals surface area contributed by atoms with Crippen LogP contribution in [0.4, 0.5) is 5.69 Å². The summed E-state index contributed by atoms with van der Waals surface area (Å²) >= 11 is 0. The highest BCUT2D eigenvalue weighted by atomic mass is 16.2. The van der Waals surface area contributed by atoms with Gasteiger partial charge in [-0.05, 0) is 38.0 Å². The quantitative estimate of drug-likeness (QED) is 0.786. The summed E-state index contributed by atoms with van der Waals surface area (Å²) in [6.07, 6.45) is 1.50. The molecular formula is C20H20N4O2. The first kappa shape index (κ1) is 17.5. The standard InChI is InChI=1S/C20H20N4O2/c1-13-9-10-14(2)17(11-13)22-19(25)15(3)24-20(26)23-18(12-21-24)16-7-5-4-6-8-16/h4-12,15H,1-3H3,(H,22,25). The Morgan fingerprint density at radius 3 is 2.54 bits per heavy atom. The molecule has 6 heteroatoms. The van der Waals surface area contributed by atoms with Crippen molar-refractivity contribution in [3.63, 3.8) is 0 Å². The maximum atomic E-state index is 12.5. The number of hydrogen-bond acceptors (Lipinski definition) is 4. The molecule has 0 bridgehead atoms. The fraction of sp³-hybridized carbons (Fsp3) is 0.200. The lowest BCUT2D eigenvalue weighted by molar-refractivity contribution is -0.119. The lowest BCUT2D eigenvalue weighted by Crippen LogP contribution is -2.35. The van der Waals surface area contributed by atoms with E-state index in [4.69, 9.17) is 0 Å². The van der Waals surface area contributed by atoms with Gasteiger partial charge in [0.25, 0.3) is 0 Å². The van der Waals surface area contributed by atoms with Crippen LogP contribution >= 0.6 is 0 Å². The van der Waals surface area contributed by atoms with E-state index in [1.54, 1.807) is 6.92 Å². The predicted molar refractivity (Wildman–Crippen MR) is 101 cm³/mol. The largest absolute Gasteiger partial charge is 0.365 e.